The molecule has 1 aromatic heterocycles. The van der Waals surface area contributed by atoms with Crippen LogP contribution in [0.1, 0.15) is 60.6 Å². The molecule has 1 fully saturated rings. The fraction of sp³-hybridized carbons (Fsp3) is 0.409. The number of nitriles is 1. The lowest BCUT2D eigenvalue weighted by atomic mass is 9.84. The molecule has 1 aliphatic rings. The van der Waals surface area contributed by atoms with E-state index < -0.39 is 0 Å². The van der Waals surface area contributed by atoms with Crippen molar-refractivity contribution in [3.05, 3.63) is 59.4 Å². The minimum Gasteiger partial charge on any atom is -0.487 e. The molecule has 5 heteroatoms. The number of nitrogens with zero attached hydrogens (tertiary/aromatic N) is 2. The van der Waals surface area contributed by atoms with Crippen molar-refractivity contribution >= 4 is 5.91 Å². The van der Waals surface area contributed by atoms with Gasteiger partial charge in [0.1, 0.15) is 12.4 Å². The van der Waals surface area contributed by atoms with Gasteiger partial charge in [0, 0.05) is 12.2 Å². The lowest BCUT2D eigenvalue weighted by molar-refractivity contribution is 0.0919. The molecule has 1 aliphatic carbocycles. The summed E-state index contributed by atoms with van der Waals surface area (Å²) in [6, 6.07) is 12.8. The molecule has 0 bridgehead atoms. The van der Waals surface area contributed by atoms with E-state index in [9.17, 15) is 4.79 Å². The van der Waals surface area contributed by atoms with Crippen molar-refractivity contribution in [1.29, 1.82) is 5.26 Å². The third-order valence-electron chi connectivity index (χ3n) is 5.15. The number of amides is 1. The van der Waals surface area contributed by atoms with E-state index in [2.05, 4.69) is 23.3 Å². The van der Waals surface area contributed by atoms with Gasteiger partial charge >= 0.3 is 0 Å². The number of aromatic nitrogens is 1. The fourth-order valence-corrected chi connectivity index (χ4v) is 3.50. The van der Waals surface area contributed by atoms with Gasteiger partial charge in [-0.15, -0.1) is 0 Å². The SMILES string of the molecule is CC(NC(=O)c1ccc(COc2cccc(C#N)c2)nc1)C1CCCCC1. The Morgan fingerprint density at radius 3 is 2.81 bits per heavy atom. The summed E-state index contributed by atoms with van der Waals surface area (Å²) < 4.78 is 5.66. The summed E-state index contributed by atoms with van der Waals surface area (Å²) in [5.41, 5.74) is 1.85. The van der Waals surface area contributed by atoms with Crippen molar-refractivity contribution in [2.45, 2.75) is 51.7 Å². The molecule has 1 N–H and O–H groups in total. The van der Waals surface area contributed by atoms with Crippen molar-refractivity contribution in [3.8, 4) is 11.8 Å². The van der Waals surface area contributed by atoms with Crippen molar-refractivity contribution in [2.75, 3.05) is 0 Å². The fourth-order valence-electron chi connectivity index (χ4n) is 3.50. The van der Waals surface area contributed by atoms with Crippen LogP contribution < -0.4 is 10.1 Å². The Morgan fingerprint density at radius 2 is 2.11 bits per heavy atom. The first-order chi connectivity index (χ1) is 13.2. The van der Waals surface area contributed by atoms with Gasteiger partial charge in [-0.2, -0.15) is 5.26 Å². The maximum atomic E-state index is 12.4. The Balaban J connectivity index is 1.53. The van der Waals surface area contributed by atoms with Crippen molar-refractivity contribution in [3.63, 3.8) is 0 Å². The first-order valence-corrected chi connectivity index (χ1v) is 9.54. The number of ether oxygens (including phenoxy) is 1. The van der Waals surface area contributed by atoms with Gasteiger partial charge in [0.15, 0.2) is 0 Å². The largest absolute Gasteiger partial charge is 0.487 e. The minimum absolute atomic E-state index is 0.0743. The highest BCUT2D eigenvalue weighted by molar-refractivity contribution is 5.94. The summed E-state index contributed by atoms with van der Waals surface area (Å²) in [5.74, 6) is 1.13. The number of nitrogens with one attached hydrogen (secondary N) is 1. The predicted octanol–water partition coefficient (Wildman–Crippen LogP) is 4.23. The van der Waals surface area contributed by atoms with Gasteiger partial charge in [0.05, 0.1) is 22.9 Å². The first kappa shape index (κ1) is 18.9. The lowest BCUT2D eigenvalue weighted by Crippen LogP contribution is -2.38. The average Bonchev–Trinajstić information content (AvgIpc) is 2.73. The molecule has 1 unspecified atom stereocenters. The molecular weight excluding hydrogens is 338 g/mol. The van der Waals surface area contributed by atoms with E-state index in [0.29, 0.717) is 22.8 Å². The van der Waals surface area contributed by atoms with Gasteiger partial charge in [0.2, 0.25) is 0 Å². The van der Waals surface area contributed by atoms with Crippen LogP contribution in [0.2, 0.25) is 0 Å². The van der Waals surface area contributed by atoms with E-state index in [4.69, 9.17) is 10.00 Å². The van der Waals surface area contributed by atoms with Gasteiger partial charge in [-0.1, -0.05) is 25.3 Å². The summed E-state index contributed by atoms with van der Waals surface area (Å²) in [6.45, 7) is 2.38. The summed E-state index contributed by atoms with van der Waals surface area (Å²) in [7, 11) is 0. The van der Waals surface area contributed by atoms with Gasteiger partial charge in [-0.25, -0.2) is 0 Å². The normalized spacial score (nSPS) is 15.6. The smallest absolute Gasteiger partial charge is 0.253 e. The topological polar surface area (TPSA) is 75.0 Å². The van der Waals surface area contributed by atoms with Crippen molar-refractivity contribution in [1.82, 2.24) is 10.3 Å². The predicted molar refractivity (Wildman–Crippen MR) is 103 cm³/mol. The summed E-state index contributed by atoms with van der Waals surface area (Å²) >= 11 is 0. The number of carbonyl (C=O) groups is 1. The zero-order valence-corrected chi connectivity index (χ0v) is 15.6. The maximum absolute atomic E-state index is 12.4. The van der Waals surface area contributed by atoms with Crippen LogP contribution in [0.4, 0.5) is 0 Å². The number of hydrogen-bond acceptors (Lipinski definition) is 4. The van der Waals surface area contributed by atoms with Crippen LogP contribution in [0.3, 0.4) is 0 Å². The molecule has 0 radical (unpaired) electrons. The molecule has 0 aliphatic heterocycles. The molecule has 1 aromatic carbocycles. The Labute approximate surface area is 160 Å². The number of benzene rings is 1. The molecule has 2 aromatic rings. The first-order valence-electron chi connectivity index (χ1n) is 9.54. The third-order valence-corrected chi connectivity index (χ3v) is 5.15. The molecule has 1 saturated carbocycles. The molecule has 1 amide bonds. The molecule has 3 rings (SSSR count). The highest BCUT2D eigenvalue weighted by atomic mass is 16.5. The Hall–Kier alpha value is -2.87. The monoisotopic (exact) mass is 363 g/mol. The molecular formula is C22H25N3O2. The van der Waals surface area contributed by atoms with E-state index in [1.54, 1.807) is 42.6 Å². The van der Waals surface area contributed by atoms with Crippen LogP contribution in [0.5, 0.6) is 5.75 Å². The second-order valence-corrected chi connectivity index (χ2v) is 7.13. The van der Waals surface area contributed by atoms with Crippen LogP contribution >= 0.6 is 0 Å². The van der Waals surface area contributed by atoms with Crippen molar-refractivity contribution < 1.29 is 9.53 Å². The third kappa shape index (κ3) is 5.30. The number of rotatable bonds is 6. The molecule has 27 heavy (non-hydrogen) atoms. The highest BCUT2D eigenvalue weighted by Crippen LogP contribution is 2.26. The van der Waals surface area contributed by atoms with Crippen molar-refractivity contribution in [2.24, 2.45) is 5.92 Å². The number of hydrogen-bond donors (Lipinski definition) is 1. The highest BCUT2D eigenvalue weighted by Gasteiger charge is 2.21. The van der Waals surface area contributed by atoms with Crippen LogP contribution in [-0.4, -0.2) is 16.9 Å². The second-order valence-electron chi connectivity index (χ2n) is 7.13. The van der Waals surface area contributed by atoms with Crippen LogP contribution in [0.25, 0.3) is 0 Å². The van der Waals surface area contributed by atoms with Gasteiger partial charge in [0.25, 0.3) is 5.91 Å². The molecule has 0 spiro atoms. The quantitative estimate of drug-likeness (QED) is 0.833. The van der Waals surface area contributed by atoms with Crippen LogP contribution in [0, 0.1) is 17.2 Å². The molecule has 1 atom stereocenters. The number of carbonyl (C=O) groups excluding carboxylic acids is 1. The number of pyridine rings is 1. The minimum atomic E-state index is -0.0743. The van der Waals surface area contributed by atoms with Gasteiger partial charge in [-0.05, 0) is 56.0 Å². The molecule has 140 valence electrons. The van der Waals surface area contributed by atoms with E-state index in [1.807, 2.05) is 0 Å². The Morgan fingerprint density at radius 1 is 1.30 bits per heavy atom. The average molecular weight is 363 g/mol. The summed E-state index contributed by atoms with van der Waals surface area (Å²) in [6.07, 6.45) is 7.82. The second kappa shape index (κ2) is 9.18. The zero-order chi connectivity index (χ0) is 19.1. The van der Waals surface area contributed by atoms with E-state index >= 15 is 0 Å². The maximum Gasteiger partial charge on any atom is 0.253 e. The Bertz CT molecular complexity index is 805. The standard InChI is InChI=1S/C22H25N3O2/c1-16(18-7-3-2-4-8-18)25-22(26)19-10-11-20(24-14-19)15-27-21-9-5-6-17(12-21)13-23/h5-6,9-12,14,16,18H,2-4,7-8,15H2,1H3,(H,25,26). The Kier molecular flexibility index (Phi) is 6.43. The van der Waals surface area contributed by atoms with E-state index in [1.165, 1.54) is 32.1 Å². The summed E-state index contributed by atoms with van der Waals surface area (Å²) in [5, 5.41) is 12.0. The van der Waals surface area contributed by atoms with E-state index in [-0.39, 0.29) is 18.6 Å². The zero-order valence-electron chi connectivity index (χ0n) is 15.6. The summed E-state index contributed by atoms with van der Waals surface area (Å²) in [4.78, 5) is 16.8. The van der Waals surface area contributed by atoms with Crippen LogP contribution in [-0.2, 0) is 6.61 Å². The van der Waals surface area contributed by atoms with Crippen LogP contribution in [0.15, 0.2) is 42.6 Å². The van der Waals surface area contributed by atoms with Gasteiger partial charge < -0.3 is 10.1 Å². The lowest BCUT2D eigenvalue weighted by Gasteiger charge is -2.28. The van der Waals surface area contributed by atoms with E-state index in [0.717, 1.165) is 5.69 Å². The molecule has 5 nitrogen and oxygen atoms in total. The molecule has 1 heterocycles. The van der Waals surface area contributed by atoms with Gasteiger partial charge in [-0.3, -0.25) is 9.78 Å². The molecule has 0 saturated heterocycles.